The lowest BCUT2D eigenvalue weighted by Crippen LogP contribution is -2.39. The van der Waals surface area contributed by atoms with Crippen molar-refractivity contribution < 1.29 is 4.74 Å². The quantitative estimate of drug-likeness (QED) is 0.328. The summed E-state index contributed by atoms with van der Waals surface area (Å²) in [7, 11) is 1.74. The van der Waals surface area contributed by atoms with Crippen molar-refractivity contribution in [1.82, 2.24) is 15.6 Å². The number of hydrogen-bond donors (Lipinski definition) is 2. The summed E-state index contributed by atoms with van der Waals surface area (Å²) in [5, 5.41) is 10.0. The molecule has 1 fully saturated rings. The second-order valence-corrected chi connectivity index (χ2v) is 7.77. The number of ether oxygens (including phenoxy) is 1. The number of nitrogens with zero attached hydrogens (tertiary/aromatic N) is 2. The summed E-state index contributed by atoms with van der Waals surface area (Å²) < 4.78 is 5.56. The van der Waals surface area contributed by atoms with Crippen LogP contribution in [0.4, 0.5) is 0 Å². The molecule has 0 spiro atoms. The number of aromatic nitrogens is 1. The molecule has 1 aliphatic carbocycles. The fraction of sp³-hybridized carbons (Fsp3) is 0.500. The maximum atomic E-state index is 5.56. The van der Waals surface area contributed by atoms with Crippen LogP contribution in [0.5, 0.6) is 5.75 Å². The summed E-state index contributed by atoms with van der Waals surface area (Å²) in [5.41, 5.74) is 2.55. The predicted molar refractivity (Wildman–Crippen MR) is 124 cm³/mol. The van der Waals surface area contributed by atoms with E-state index < -0.39 is 0 Å². The number of nitrogens with one attached hydrogen (secondary N) is 2. The highest BCUT2D eigenvalue weighted by Gasteiger charge is 2.46. The van der Waals surface area contributed by atoms with Gasteiger partial charge in [0.2, 0.25) is 0 Å². The number of aliphatic imine (C=N–C) groups is 1. The van der Waals surface area contributed by atoms with Crippen molar-refractivity contribution in [2.45, 2.75) is 38.5 Å². The number of guanidine groups is 1. The van der Waals surface area contributed by atoms with Gasteiger partial charge in [0, 0.05) is 35.9 Å². The molecule has 0 saturated heterocycles. The van der Waals surface area contributed by atoms with Gasteiger partial charge < -0.3 is 15.4 Å². The lowest BCUT2D eigenvalue weighted by atomic mass is 9.95. The summed E-state index contributed by atoms with van der Waals surface area (Å²) in [6, 6.07) is 8.32. The molecule has 1 saturated carbocycles. The van der Waals surface area contributed by atoms with Crippen LogP contribution in [0.25, 0.3) is 0 Å². The van der Waals surface area contributed by atoms with E-state index in [1.54, 1.807) is 18.4 Å². The maximum Gasteiger partial charge on any atom is 0.191 e. The van der Waals surface area contributed by atoms with Gasteiger partial charge in [-0.15, -0.1) is 35.3 Å². The lowest BCUT2D eigenvalue weighted by Gasteiger charge is -2.18. The first-order chi connectivity index (χ1) is 12.7. The zero-order valence-electron chi connectivity index (χ0n) is 16.2. The largest absolute Gasteiger partial charge is 0.496 e. The molecule has 1 aromatic carbocycles. The Balaban J connectivity index is 0.00000261. The number of halogens is 1. The van der Waals surface area contributed by atoms with Crippen molar-refractivity contribution in [3.63, 3.8) is 0 Å². The highest BCUT2D eigenvalue weighted by atomic mass is 127. The minimum atomic E-state index is 0. The highest BCUT2D eigenvalue weighted by molar-refractivity contribution is 14.0. The Hall–Kier alpha value is -1.35. The molecule has 0 radical (unpaired) electrons. The second kappa shape index (κ2) is 10.3. The highest BCUT2D eigenvalue weighted by Crippen LogP contribution is 2.51. The topological polar surface area (TPSA) is 58.5 Å². The van der Waals surface area contributed by atoms with E-state index in [1.807, 2.05) is 19.1 Å². The van der Waals surface area contributed by atoms with Gasteiger partial charge in [0.05, 0.1) is 24.4 Å². The van der Waals surface area contributed by atoms with Crippen LogP contribution >= 0.6 is 35.3 Å². The van der Waals surface area contributed by atoms with E-state index in [0.29, 0.717) is 0 Å². The molecule has 27 heavy (non-hydrogen) atoms. The first kappa shape index (κ1) is 21.9. The Labute approximate surface area is 183 Å². The SMILES string of the molecule is CCNC(=NCC1(c2ccccc2OC)CC1)NCCc1csc(C)n1.I. The zero-order chi connectivity index (χ0) is 18.4. The Morgan fingerprint density at radius 2 is 2.07 bits per heavy atom. The number of benzene rings is 1. The number of thiazole rings is 1. The maximum absolute atomic E-state index is 5.56. The van der Waals surface area contributed by atoms with Crippen LogP contribution in [0.1, 0.15) is 36.0 Å². The summed E-state index contributed by atoms with van der Waals surface area (Å²) in [4.78, 5) is 9.37. The molecule has 0 atom stereocenters. The van der Waals surface area contributed by atoms with E-state index in [9.17, 15) is 0 Å². The van der Waals surface area contributed by atoms with Gasteiger partial charge >= 0.3 is 0 Å². The van der Waals surface area contributed by atoms with Crippen molar-refractivity contribution in [3.05, 3.63) is 45.9 Å². The number of aryl methyl sites for hydroxylation is 1. The molecule has 5 nitrogen and oxygen atoms in total. The first-order valence-electron chi connectivity index (χ1n) is 9.23. The van der Waals surface area contributed by atoms with Crippen molar-refractivity contribution in [2.75, 3.05) is 26.7 Å². The Morgan fingerprint density at radius 3 is 2.70 bits per heavy atom. The number of methoxy groups -OCH3 is 1. The molecular formula is C20H29IN4OS. The van der Waals surface area contributed by atoms with E-state index >= 15 is 0 Å². The van der Waals surface area contributed by atoms with Gasteiger partial charge in [-0.3, -0.25) is 4.99 Å². The van der Waals surface area contributed by atoms with Crippen LogP contribution in [0.2, 0.25) is 0 Å². The van der Waals surface area contributed by atoms with Crippen LogP contribution < -0.4 is 15.4 Å². The smallest absolute Gasteiger partial charge is 0.191 e. The summed E-state index contributed by atoms with van der Waals surface area (Å²) >= 11 is 1.70. The Bertz CT molecular complexity index is 758. The second-order valence-electron chi connectivity index (χ2n) is 6.71. The lowest BCUT2D eigenvalue weighted by molar-refractivity contribution is 0.404. The molecule has 1 aliphatic rings. The molecule has 0 aliphatic heterocycles. The molecule has 2 N–H and O–H groups in total. The predicted octanol–water partition coefficient (Wildman–Crippen LogP) is 3.91. The van der Waals surface area contributed by atoms with E-state index in [1.165, 1.54) is 5.56 Å². The molecule has 2 aromatic rings. The fourth-order valence-electron chi connectivity index (χ4n) is 3.15. The van der Waals surface area contributed by atoms with Gasteiger partial charge in [-0.1, -0.05) is 18.2 Å². The third kappa shape index (κ3) is 5.81. The van der Waals surface area contributed by atoms with Gasteiger partial charge in [-0.2, -0.15) is 0 Å². The molecule has 0 bridgehead atoms. The first-order valence-corrected chi connectivity index (χ1v) is 10.1. The van der Waals surface area contributed by atoms with E-state index in [0.717, 1.165) is 61.3 Å². The molecule has 1 aromatic heterocycles. The monoisotopic (exact) mass is 500 g/mol. The van der Waals surface area contributed by atoms with E-state index in [4.69, 9.17) is 9.73 Å². The third-order valence-corrected chi connectivity index (χ3v) is 5.58. The Kier molecular flexibility index (Phi) is 8.34. The van der Waals surface area contributed by atoms with Crippen LogP contribution in [0, 0.1) is 6.92 Å². The summed E-state index contributed by atoms with van der Waals surface area (Å²) in [5.74, 6) is 1.85. The normalized spacial score (nSPS) is 15.0. The fourth-order valence-corrected chi connectivity index (χ4v) is 3.80. The van der Waals surface area contributed by atoms with Crippen LogP contribution in [0.3, 0.4) is 0 Å². The zero-order valence-corrected chi connectivity index (χ0v) is 19.4. The standard InChI is InChI=1S/C20H28N4OS.HI/c1-4-21-19(22-12-9-16-13-26-15(2)24-16)23-14-20(10-11-20)17-7-5-6-8-18(17)25-3;/h5-8,13H,4,9-12,14H2,1-3H3,(H2,21,22,23);1H. The minimum absolute atomic E-state index is 0. The van der Waals surface area contributed by atoms with Crippen molar-refractivity contribution in [3.8, 4) is 5.75 Å². The van der Waals surface area contributed by atoms with Gasteiger partial charge in [0.1, 0.15) is 5.75 Å². The number of para-hydroxylation sites is 1. The van der Waals surface area contributed by atoms with E-state index in [-0.39, 0.29) is 29.4 Å². The third-order valence-electron chi connectivity index (χ3n) is 4.76. The van der Waals surface area contributed by atoms with Crippen LogP contribution in [-0.4, -0.2) is 37.7 Å². The molecule has 0 amide bonds. The van der Waals surface area contributed by atoms with E-state index in [2.05, 4.69) is 40.1 Å². The van der Waals surface area contributed by atoms with Crippen molar-refractivity contribution >= 4 is 41.3 Å². The van der Waals surface area contributed by atoms with Gasteiger partial charge in [-0.05, 0) is 32.8 Å². The molecule has 1 heterocycles. The van der Waals surface area contributed by atoms with Crippen LogP contribution in [0.15, 0.2) is 34.6 Å². The molecule has 148 valence electrons. The minimum Gasteiger partial charge on any atom is -0.496 e. The summed E-state index contributed by atoms with van der Waals surface area (Å²) in [6.07, 6.45) is 3.23. The molecular weight excluding hydrogens is 471 g/mol. The number of rotatable bonds is 8. The molecule has 7 heteroatoms. The average molecular weight is 500 g/mol. The average Bonchev–Trinajstić information content (AvgIpc) is 3.34. The summed E-state index contributed by atoms with van der Waals surface area (Å²) in [6.45, 7) is 6.59. The van der Waals surface area contributed by atoms with Crippen LogP contribution in [-0.2, 0) is 11.8 Å². The van der Waals surface area contributed by atoms with Gasteiger partial charge in [0.15, 0.2) is 5.96 Å². The Morgan fingerprint density at radius 1 is 1.30 bits per heavy atom. The molecule has 0 unspecified atom stereocenters. The van der Waals surface area contributed by atoms with Gasteiger partial charge in [0.25, 0.3) is 0 Å². The van der Waals surface area contributed by atoms with Gasteiger partial charge in [-0.25, -0.2) is 4.98 Å². The molecule has 3 rings (SSSR count). The van der Waals surface area contributed by atoms with Crippen molar-refractivity contribution in [2.24, 2.45) is 4.99 Å². The number of hydrogen-bond acceptors (Lipinski definition) is 4. The van der Waals surface area contributed by atoms with Crippen molar-refractivity contribution in [1.29, 1.82) is 0 Å².